The number of rotatable bonds is 7. The molecule has 116 valence electrons. The van der Waals surface area contributed by atoms with Crippen molar-refractivity contribution in [1.29, 1.82) is 0 Å². The van der Waals surface area contributed by atoms with Crippen molar-refractivity contribution >= 4 is 0 Å². The Morgan fingerprint density at radius 3 is 2.90 bits per heavy atom. The summed E-state index contributed by atoms with van der Waals surface area (Å²) in [4.78, 5) is 0. The van der Waals surface area contributed by atoms with E-state index in [2.05, 4.69) is 25.2 Å². The van der Waals surface area contributed by atoms with Gasteiger partial charge in [0, 0.05) is 12.1 Å². The van der Waals surface area contributed by atoms with Gasteiger partial charge < -0.3 is 11.1 Å². The van der Waals surface area contributed by atoms with Crippen LogP contribution < -0.4 is 11.1 Å². The Balaban J connectivity index is 1.81. The van der Waals surface area contributed by atoms with Crippen LogP contribution in [0.4, 0.5) is 0 Å². The molecule has 0 aromatic carbocycles. The van der Waals surface area contributed by atoms with Gasteiger partial charge in [0.25, 0.3) is 0 Å². The molecule has 0 heterocycles. The first-order chi connectivity index (χ1) is 9.63. The minimum atomic E-state index is 0.233. The van der Waals surface area contributed by atoms with Crippen molar-refractivity contribution in [3.05, 3.63) is 11.6 Å². The zero-order valence-corrected chi connectivity index (χ0v) is 13.6. The smallest absolute Gasteiger partial charge is 0.0306 e. The molecule has 2 rings (SSSR count). The maximum Gasteiger partial charge on any atom is 0.0306 e. The van der Waals surface area contributed by atoms with E-state index in [4.69, 9.17) is 5.73 Å². The van der Waals surface area contributed by atoms with Crippen LogP contribution in [-0.2, 0) is 0 Å². The van der Waals surface area contributed by atoms with Crippen molar-refractivity contribution in [1.82, 2.24) is 5.32 Å². The van der Waals surface area contributed by atoms with Gasteiger partial charge in [0.2, 0.25) is 0 Å². The second-order valence-corrected chi connectivity index (χ2v) is 7.51. The Hall–Kier alpha value is -0.340. The van der Waals surface area contributed by atoms with Gasteiger partial charge in [-0.15, -0.1) is 0 Å². The number of nitrogens with one attached hydrogen (secondary N) is 1. The number of nitrogens with two attached hydrogens (primary N) is 1. The van der Waals surface area contributed by atoms with Crippen molar-refractivity contribution < 1.29 is 0 Å². The third kappa shape index (κ3) is 4.60. The van der Waals surface area contributed by atoms with E-state index in [1.807, 2.05) is 0 Å². The number of hydrogen-bond donors (Lipinski definition) is 2. The first-order valence-electron chi connectivity index (χ1n) is 8.76. The van der Waals surface area contributed by atoms with Crippen LogP contribution in [-0.4, -0.2) is 18.6 Å². The molecule has 2 nitrogen and oxygen atoms in total. The van der Waals surface area contributed by atoms with Crippen LogP contribution in [0.15, 0.2) is 11.6 Å². The largest absolute Gasteiger partial charge is 0.329 e. The summed E-state index contributed by atoms with van der Waals surface area (Å²) in [7, 11) is 0. The minimum Gasteiger partial charge on any atom is -0.329 e. The van der Waals surface area contributed by atoms with E-state index in [-0.39, 0.29) is 5.54 Å². The van der Waals surface area contributed by atoms with Gasteiger partial charge in [-0.1, -0.05) is 38.3 Å². The lowest BCUT2D eigenvalue weighted by Gasteiger charge is -2.42. The van der Waals surface area contributed by atoms with Crippen LogP contribution in [0.1, 0.15) is 71.6 Å². The zero-order chi connectivity index (χ0) is 14.4. The third-order valence-electron chi connectivity index (χ3n) is 5.22. The molecule has 0 bridgehead atoms. The summed E-state index contributed by atoms with van der Waals surface area (Å²) >= 11 is 0. The summed E-state index contributed by atoms with van der Waals surface area (Å²) in [6, 6.07) is 0. The molecule has 20 heavy (non-hydrogen) atoms. The van der Waals surface area contributed by atoms with Gasteiger partial charge in [0.1, 0.15) is 0 Å². The van der Waals surface area contributed by atoms with E-state index in [0.717, 1.165) is 24.9 Å². The molecule has 0 aromatic heterocycles. The molecule has 2 unspecified atom stereocenters. The van der Waals surface area contributed by atoms with Crippen molar-refractivity contribution in [2.24, 2.45) is 17.6 Å². The molecule has 0 spiro atoms. The Morgan fingerprint density at radius 2 is 2.25 bits per heavy atom. The summed E-state index contributed by atoms with van der Waals surface area (Å²) in [6.45, 7) is 6.62. The Labute approximate surface area is 125 Å². The average Bonchev–Trinajstić information content (AvgIpc) is 2.91. The summed E-state index contributed by atoms with van der Waals surface area (Å²) in [5, 5.41) is 3.85. The molecule has 3 N–H and O–H groups in total. The highest BCUT2D eigenvalue weighted by atomic mass is 15.0. The molecule has 2 atom stereocenters. The molecule has 2 aliphatic carbocycles. The van der Waals surface area contributed by atoms with E-state index >= 15 is 0 Å². The molecule has 0 aromatic rings. The standard InChI is InChI=1S/C18H34N2/c1-15(2)12-17-8-5-10-18(13-17,14-19)20-11-9-16-6-3-4-7-16/h6,15,17,20H,3-5,7-14,19H2,1-2H3. The molecule has 2 heteroatoms. The molecule has 2 aliphatic rings. The van der Waals surface area contributed by atoms with Crippen LogP contribution in [0.3, 0.4) is 0 Å². The molecular weight excluding hydrogens is 244 g/mol. The van der Waals surface area contributed by atoms with Crippen LogP contribution in [0.2, 0.25) is 0 Å². The quantitative estimate of drug-likeness (QED) is 0.691. The van der Waals surface area contributed by atoms with E-state index in [0.29, 0.717) is 0 Å². The van der Waals surface area contributed by atoms with Crippen LogP contribution >= 0.6 is 0 Å². The zero-order valence-electron chi connectivity index (χ0n) is 13.6. The molecule has 0 aliphatic heterocycles. The Morgan fingerprint density at radius 1 is 1.40 bits per heavy atom. The summed E-state index contributed by atoms with van der Waals surface area (Å²) < 4.78 is 0. The van der Waals surface area contributed by atoms with Crippen LogP contribution in [0.25, 0.3) is 0 Å². The predicted molar refractivity (Wildman–Crippen MR) is 87.8 cm³/mol. The van der Waals surface area contributed by atoms with Crippen molar-refractivity contribution in [2.45, 2.75) is 77.2 Å². The van der Waals surface area contributed by atoms with Crippen molar-refractivity contribution in [2.75, 3.05) is 13.1 Å². The van der Waals surface area contributed by atoms with Gasteiger partial charge in [-0.25, -0.2) is 0 Å². The first kappa shape index (κ1) is 16.0. The fourth-order valence-corrected chi connectivity index (χ4v) is 4.22. The topological polar surface area (TPSA) is 38.0 Å². The maximum atomic E-state index is 6.15. The Kier molecular flexibility index (Phi) is 6.10. The van der Waals surface area contributed by atoms with Crippen molar-refractivity contribution in [3.8, 4) is 0 Å². The molecule has 0 radical (unpaired) electrons. The lowest BCUT2D eigenvalue weighted by atomic mass is 9.73. The van der Waals surface area contributed by atoms with Crippen molar-refractivity contribution in [3.63, 3.8) is 0 Å². The van der Waals surface area contributed by atoms with Crippen LogP contribution in [0.5, 0.6) is 0 Å². The highest BCUT2D eigenvalue weighted by molar-refractivity contribution is 5.08. The second kappa shape index (κ2) is 7.61. The van der Waals surface area contributed by atoms with E-state index in [9.17, 15) is 0 Å². The fourth-order valence-electron chi connectivity index (χ4n) is 4.22. The van der Waals surface area contributed by atoms with Gasteiger partial charge in [0.05, 0.1) is 0 Å². The average molecular weight is 278 g/mol. The number of hydrogen-bond acceptors (Lipinski definition) is 2. The molecule has 1 saturated carbocycles. The lowest BCUT2D eigenvalue weighted by molar-refractivity contribution is 0.169. The van der Waals surface area contributed by atoms with Gasteiger partial charge >= 0.3 is 0 Å². The maximum absolute atomic E-state index is 6.15. The van der Waals surface area contributed by atoms with Gasteiger partial charge in [-0.3, -0.25) is 0 Å². The van der Waals surface area contributed by atoms with Gasteiger partial charge in [0.15, 0.2) is 0 Å². The van der Waals surface area contributed by atoms with Gasteiger partial charge in [-0.2, -0.15) is 0 Å². The van der Waals surface area contributed by atoms with E-state index in [1.165, 1.54) is 57.8 Å². The summed E-state index contributed by atoms with van der Waals surface area (Å²) in [6.07, 6.45) is 14.4. The lowest BCUT2D eigenvalue weighted by Crippen LogP contribution is -2.54. The monoisotopic (exact) mass is 278 g/mol. The van der Waals surface area contributed by atoms with E-state index < -0.39 is 0 Å². The first-order valence-corrected chi connectivity index (χ1v) is 8.76. The van der Waals surface area contributed by atoms with E-state index in [1.54, 1.807) is 5.57 Å². The summed E-state index contributed by atoms with van der Waals surface area (Å²) in [5.74, 6) is 1.70. The minimum absolute atomic E-state index is 0.233. The third-order valence-corrected chi connectivity index (χ3v) is 5.22. The molecule has 1 fully saturated rings. The molecule has 0 saturated heterocycles. The normalized spacial score (nSPS) is 30.8. The fraction of sp³-hybridized carbons (Fsp3) is 0.889. The van der Waals surface area contributed by atoms with Gasteiger partial charge in [-0.05, 0) is 63.3 Å². The summed E-state index contributed by atoms with van der Waals surface area (Å²) in [5.41, 5.74) is 8.05. The van der Waals surface area contributed by atoms with Crippen LogP contribution in [0, 0.1) is 11.8 Å². The molecular formula is C18H34N2. The highest BCUT2D eigenvalue weighted by Crippen LogP contribution is 2.35. The Bertz CT molecular complexity index is 321. The predicted octanol–water partition coefficient (Wildman–Crippen LogP) is 4.01. The number of allylic oxidation sites excluding steroid dienone is 1. The highest BCUT2D eigenvalue weighted by Gasteiger charge is 2.34. The second-order valence-electron chi connectivity index (χ2n) is 7.51. The SMILES string of the molecule is CC(C)CC1CCCC(CN)(NCCC2=CCCC2)C1. The molecule has 0 amide bonds.